The van der Waals surface area contributed by atoms with E-state index >= 15 is 0 Å². The van der Waals surface area contributed by atoms with Gasteiger partial charge in [0.2, 0.25) is 16.3 Å². The van der Waals surface area contributed by atoms with Gasteiger partial charge >= 0.3 is 0 Å². The summed E-state index contributed by atoms with van der Waals surface area (Å²) in [6.07, 6.45) is 1.71. The lowest BCUT2D eigenvalue weighted by atomic mass is 9.95. The number of hydrogen-bond donors (Lipinski definition) is 0. The molecule has 18 heteroatoms. The van der Waals surface area contributed by atoms with E-state index in [1.165, 1.54) is 11.1 Å². The Morgan fingerprint density at radius 3 is 1.40 bits per heavy atom. The fourth-order valence-electron chi connectivity index (χ4n) is 12.9. The highest BCUT2D eigenvalue weighted by Crippen LogP contribution is 2.44. The Kier molecular flexibility index (Phi) is 13.5. The average molecular weight is 1290 g/mol. The summed E-state index contributed by atoms with van der Waals surface area (Å²) in [5.74, 6) is 0.204. The van der Waals surface area contributed by atoms with E-state index in [0.717, 1.165) is 135 Å². The van der Waals surface area contributed by atoms with E-state index < -0.39 is 21.7 Å². The number of hydrogen-bond acceptors (Lipinski definition) is 18. The van der Waals surface area contributed by atoms with Crippen LogP contribution in [0.3, 0.4) is 0 Å². The highest BCUT2D eigenvalue weighted by molar-refractivity contribution is 7.00. The second kappa shape index (κ2) is 22.5. The van der Waals surface area contributed by atoms with Gasteiger partial charge in [-0.25, -0.2) is 15.0 Å². The molecule has 4 heterocycles. The van der Waals surface area contributed by atoms with Gasteiger partial charge in [0, 0.05) is 83.8 Å². The summed E-state index contributed by atoms with van der Waals surface area (Å²) in [4.78, 5) is 73.7. The van der Waals surface area contributed by atoms with Crippen molar-refractivity contribution < 1.29 is 0 Å². The molecule has 0 saturated carbocycles. The highest BCUT2D eigenvalue weighted by atomic mass is 32.1. The molecule has 95 heavy (non-hydrogen) atoms. The molecule has 0 N–H and O–H groups in total. The van der Waals surface area contributed by atoms with E-state index in [-0.39, 0.29) is 21.9 Å². The first-order chi connectivity index (χ1) is 46.4. The van der Waals surface area contributed by atoms with Gasteiger partial charge in [-0.15, -0.1) is 0 Å². The lowest BCUT2D eigenvalue weighted by Gasteiger charge is -2.27. The number of anilines is 6. The lowest BCUT2D eigenvalue weighted by molar-refractivity contribution is 1.23. The fourth-order valence-corrected chi connectivity index (χ4v) is 14.6. The molecular weight excluding hydrogens is 1240 g/mol. The molecule has 0 aliphatic rings. The van der Waals surface area contributed by atoms with Gasteiger partial charge in [0.05, 0.1) is 40.9 Å². The van der Waals surface area contributed by atoms with Crippen molar-refractivity contribution in [3.63, 3.8) is 0 Å². The van der Waals surface area contributed by atoms with E-state index in [1.807, 2.05) is 30.3 Å². The second-order valence-electron chi connectivity index (χ2n) is 23.8. The molecule has 0 aliphatic carbocycles. The number of pyridine rings is 1. The van der Waals surface area contributed by atoms with E-state index in [2.05, 4.69) is 197 Å². The topological polar surface area (TPSA) is 190 Å². The van der Waals surface area contributed by atoms with Crippen molar-refractivity contribution in [3.8, 4) is 33.4 Å². The third-order valence-electron chi connectivity index (χ3n) is 17.9. The highest BCUT2D eigenvalue weighted by Gasteiger charge is 2.23. The number of aromatic nitrogens is 7. The summed E-state index contributed by atoms with van der Waals surface area (Å²) in [5.41, 5.74) is 17.3. The van der Waals surface area contributed by atoms with Crippen LogP contribution < -0.4 is 42.2 Å². The van der Waals surface area contributed by atoms with Crippen molar-refractivity contribution in [3.05, 3.63) is 286 Å². The SMILES string of the molecule is Cc1ccc(N(c2ccc(C)cc2)c2ccc(-c3cnc(/N=c4\c(=O)c(=O)c5cc6cc(-c7cc(N(c8ccc(C)cc8)c8ccc(-c9cc%10c(cc(N=c%11c(=O)c%12ccccc%12c%11=O)c%11nsnc%11%10)c%10nsnc9%10)cc8)ccc7C)ccc6cc45)c4nsnc34)cc2)cc1. The normalized spacial score (nSPS) is 12.0. The molecule has 4 aromatic heterocycles. The summed E-state index contributed by atoms with van der Waals surface area (Å²) in [5, 5.41) is 4.39. The van der Waals surface area contributed by atoms with Crippen molar-refractivity contribution in [1.29, 1.82) is 0 Å². The van der Waals surface area contributed by atoms with Crippen LogP contribution in [0.1, 0.15) is 22.3 Å². The van der Waals surface area contributed by atoms with Gasteiger partial charge in [-0.1, -0.05) is 120 Å². The Morgan fingerprint density at radius 1 is 0.326 bits per heavy atom. The van der Waals surface area contributed by atoms with Crippen LogP contribution in [0.2, 0.25) is 0 Å². The molecule has 0 saturated heterocycles. The Bertz CT molecular complexity index is 6280. The molecule has 0 atom stereocenters. The lowest BCUT2D eigenvalue weighted by Crippen LogP contribution is -2.31. The van der Waals surface area contributed by atoms with Crippen molar-refractivity contribution in [2.75, 3.05) is 9.80 Å². The van der Waals surface area contributed by atoms with Crippen LogP contribution in [0.15, 0.2) is 242 Å². The van der Waals surface area contributed by atoms with Crippen LogP contribution in [-0.4, -0.2) is 31.2 Å². The minimum atomic E-state index is -0.708. The molecule has 15 nitrogen and oxygen atoms in total. The van der Waals surface area contributed by atoms with E-state index in [1.54, 1.807) is 36.5 Å². The Balaban J connectivity index is 0.693. The quantitative estimate of drug-likeness (QED) is 0.111. The zero-order chi connectivity index (χ0) is 64.3. The summed E-state index contributed by atoms with van der Waals surface area (Å²) in [6.45, 7) is 8.31. The summed E-state index contributed by atoms with van der Waals surface area (Å²) in [6, 6.07) is 68.8. The zero-order valence-corrected chi connectivity index (χ0v) is 53.4. The fraction of sp³-hybridized carbons (Fsp3) is 0.0519. The van der Waals surface area contributed by atoms with Gasteiger partial charge in [-0.3, -0.25) is 19.2 Å². The first-order valence-corrected chi connectivity index (χ1v) is 32.7. The summed E-state index contributed by atoms with van der Waals surface area (Å²) >= 11 is 3.17. The van der Waals surface area contributed by atoms with Gasteiger partial charge < -0.3 is 9.80 Å². The van der Waals surface area contributed by atoms with Gasteiger partial charge in [-0.2, -0.15) is 26.2 Å². The predicted octanol–water partition coefficient (Wildman–Crippen LogP) is 16.5. The van der Waals surface area contributed by atoms with E-state index in [4.69, 9.17) is 27.5 Å². The van der Waals surface area contributed by atoms with Crippen molar-refractivity contribution in [1.82, 2.24) is 31.2 Å². The minimum Gasteiger partial charge on any atom is -0.311 e. The number of fused-ring (bicyclic) bond motifs is 9. The minimum absolute atomic E-state index is 0.0163. The molecule has 13 aromatic carbocycles. The molecule has 0 unspecified atom stereocenters. The maximum atomic E-state index is 14.1. The van der Waals surface area contributed by atoms with Crippen LogP contribution in [0.5, 0.6) is 0 Å². The third kappa shape index (κ3) is 9.63. The number of aryl methyl sites for hydroxylation is 4. The molecule has 17 aromatic rings. The van der Waals surface area contributed by atoms with Gasteiger partial charge in [0.1, 0.15) is 38.5 Å². The molecule has 0 aliphatic heterocycles. The van der Waals surface area contributed by atoms with E-state index in [0.29, 0.717) is 54.9 Å². The second-order valence-corrected chi connectivity index (χ2v) is 25.4. The van der Waals surface area contributed by atoms with E-state index in [9.17, 15) is 19.2 Å². The maximum absolute atomic E-state index is 14.1. The summed E-state index contributed by atoms with van der Waals surface area (Å²) in [7, 11) is 0. The number of rotatable bonds is 11. The third-order valence-corrected chi connectivity index (χ3v) is 19.4. The van der Waals surface area contributed by atoms with Crippen LogP contribution in [0.4, 0.5) is 45.6 Å². The average Bonchev–Trinajstić information content (AvgIpc) is 1.66. The van der Waals surface area contributed by atoms with Crippen LogP contribution in [0.25, 0.3) is 110 Å². The smallest absolute Gasteiger partial charge is 0.252 e. The monoisotopic (exact) mass is 1290 g/mol. The van der Waals surface area contributed by atoms with Gasteiger partial charge in [0.15, 0.2) is 11.2 Å². The maximum Gasteiger partial charge on any atom is 0.252 e. The number of benzene rings is 11. The van der Waals surface area contributed by atoms with Crippen molar-refractivity contribution >= 4 is 157 Å². The number of nitrogens with zero attached hydrogens (tertiary/aromatic N) is 11. The van der Waals surface area contributed by atoms with Crippen molar-refractivity contribution in [2.45, 2.75) is 27.7 Å². The zero-order valence-electron chi connectivity index (χ0n) is 51.0. The molecule has 17 rings (SSSR count). The molecule has 0 fully saturated rings. The molecule has 0 bridgehead atoms. The molecule has 0 radical (unpaired) electrons. The largest absolute Gasteiger partial charge is 0.311 e. The Labute approximate surface area is 551 Å². The van der Waals surface area contributed by atoms with Crippen LogP contribution in [-0.2, 0) is 0 Å². The standard InChI is InChI=1S/C77H47N11O4S3/c1-40-9-22-49(23-10-40)87(50-24-11-41(2)12-25-50)52-31-20-45(21-32-52)63-39-78-77(71-68(63)84-95-86-71)80-69-59-34-46-16-17-47(33-48(46)35-62(59)75(91)76(69)92)57-36-54(28-15-43(57)4)88(51-26-13-42(3)14-27-51)53-29-18-44(19-30-53)58-37-60-61(66-65(58)81-93-82-66)38-64(70-67(60)83-94-85-70)79-72-73(89)55-7-5-6-8-56(55)74(72)90/h5-39H,1-4H3/b80-69-. The van der Waals surface area contributed by atoms with Crippen molar-refractivity contribution in [2.24, 2.45) is 9.98 Å². The van der Waals surface area contributed by atoms with Crippen LogP contribution >= 0.6 is 35.2 Å². The Morgan fingerprint density at radius 2 is 0.800 bits per heavy atom. The predicted molar refractivity (Wildman–Crippen MR) is 385 cm³/mol. The molecule has 452 valence electrons. The first-order valence-electron chi connectivity index (χ1n) is 30.5. The van der Waals surface area contributed by atoms with Gasteiger partial charge in [0.25, 0.3) is 5.43 Å². The first kappa shape index (κ1) is 57.1. The summed E-state index contributed by atoms with van der Waals surface area (Å²) < 4.78 is 28.2. The molecule has 0 amide bonds. The van der Waals surface area contributed by atoms with Gasteiger partial charge in [-0.05, 0) is 169 Å². The molecular formula is C77H47N11O4S3. The molecule has 0 spiro atoms. The van der Waals surface area contributed by atoms with Crippen LogP contribution in [0, 0.1) is 27.7 Å². The Hall–Kier alpha value is -11.8.